The second-order valence-corrected chi connectivity index (χ2v) is 3.50. The van der Waals surface area contributed by atoms with Crippen LogP contribution in [0.25, 0.3) is 0 Å². The largest absolute Gasteiger partial charge is 0.468 e. The van der Waals surface area contributed by atoms with Crippen molar-refractivity contribution in [1.29, 1.82) is 5.26 Å². The maximum atomic E-state index is 11.3. The van der Waals surface area contributed by atoms with Crippen LogP contribution in [0.2, 0.25) is 0 Å². The van der Waals surface area contributed by atoms with Gasteiger partial charge in [0.15, 0.2) is 0 Å². The molecule has 0 aliphatic rings. The van der Waals surface area contributed by atoms with Gasteiger partial charge in [-0.05, 0) is 12.3 Å². The van der Waals surface area contributed by atoms with E-state index >= 15 is 0 Å². The van der Waals surface area contributed by atoms with Gasteiger partial charge in [0.25, 0.3) is 0 Å². The lowest BCUT2D eigenvalue weighted by molar-refractivity contribution is -0.144. The number of ether oxygens (including phenoxy) is 1. The van der Waals surface area contributed by atoms with Crippen LogP contribution in [-0.2, 0) is 9.53 Å². The van der Waals surface area contributed by atoms with Gasteiger partial charge in [0, 0.05) is 0 Å². The van der Waals surface area contributed by atoms with Crippen molar-refractivity contribution >= 4 is 5.97 Å². The first-order chi connectivity index (χ1) is 6.56. The van der Waals surface area contributed by atoms with Gasteiger partial charge in [0.1, 0.15) is 6.04 Å². The van der Waals surface area contributed by atoms with Gasteiger partial charge in [0.05, 0.1) is 19.2 Å². The minimum atomic E-state index is -0.399. The molecule has 2 unspecified atom stereocenters. The molecular weight excluding hydrogens is 180 g/mol. The second-order valence-electron chi connectivity index (χ2n) is 3.50. The van der Waals surface area contributed by atoms with Crippen LogP contribution in [0.4, 0.5) is 0 Å². The van der Waals surface area contributed by atoms with Crippen molar-refractivity contribution in [3.8, 4) is 6.07 Å². The van der Waals surface area contributed by atoms with Gasteiger partial charge in [0.2, 0.25) is 0 Å². The van der Waals surface area contributed by atoms with Crippen LogP contribution in [0.3, 0.4) is 0 Å². The highest BCUT2D eigenvalue weighted by atomic mass is 16.5. The molecule has 0 spiro atoms. The highest BCUT2D eigenvalue weighted by molar-refractivity contribution is 5.76. The Bertz CT molecular complexity index is 221. The normalized spacial score (nSPS) is 14.6. The van der Waals surface area contributed by atoms with E-state index in [9.17, 15) is 4.79 Å². The van der Waals surface area contributed by atoms with E-state index in [1.165, 1.54) is 7.11 Å². The summed E-state index contributed by atoms with van der Waals surface area (Å²) in [4.78, 5) is 11.3. The SMILES string of the molecule is CCC(C#N)NC(C(=O)OC)C(C)C. The van der Waals surface area contributed by atoms with E-state index in [1.807, 2.05) is 20.8 Å². The Labute approximate surface area is 85.2 Å². The molecule has 4 heteroatoms. The lowest BCUT2D eigenvalue weighted by atomic mass is 10.0. The number of nitrogens with one attached hydrogen (secondary N) is 1. The van der Waals surface area contributed by atoms with Crippen LogP contribution in [0.1, 0.15) is 27.2 Å². The number of carbonyl (C=O) groups excluding carboxylic acids is 1. The van der Waals surface area contributed by atoms with Gasteiger partial charge < -0.3 is 4.74 Å². The number of hydrogen-bond acceptors (Lipinski definition) is 4. The van der Waals surface area contributed by atoms with Gasteiger partial charge >= 0.3 is 5.97 Å². The Hall–Kier alpha value is -1.08. The summed E-state index contributed by atoms with van der Waals surface area (Å²) >= 11 is 0. The Balaban J connectivity index is 4.38. The molecule has 0 aromatic heterocycles. The molecule has 0 aromatic carbocycles. The summed E-state index contributed by atoms with van der Waals surface area (Å²) in [6.45, 7) is 5.73. The molecule has 0 aliphatic carbocycles. The molecule has 0 bridgehead atoms. The molecule has 0 radical (unpaired) electrons. The van der Waals surface area contributed by atoms with Gasteiger partial charge in [-0.2, -0.15) is 5.26 Å². The zero-order chi connectivity index (χ0) is 11.1. The average molecular weight is 198 g/mol. The molecule has 0 fully saturated rings. The van der Waals surface area contributed by atoms with Crippen molar-refractivity contribution in [1.82, 2.24) is 5.32 Å². The van der Waals surface area contributed by atoms with Crippen LogP contribution in [0.5, 0.6) is 0 Å². The van der Waals surface area contributed by atoms with Gasteiger partial charge in [-0.1, -0.05) is 20.8 Å². The molecule has 1 N–H and O–H groups in total. The van der Waals surface area contributed by atoms with Crippen LogP contribution in [-0.4, -0.2) is 25.2 Å². The quantitative estimate of drug-likeness (QED) is 0.671. The van der Waals surface area contributed by atoms with Gasteiger partial charge in [-0.15, -0.1) is 0 Å². The molecule has 80 valence electrons. The fourth-order valence-corrected chi connectivity index (χ4v) is 1.12. The van der Waals surface area contributed by atoms with Crippen LogP contribution in [0.15, 0.2) is 0 Å². The number of hydrogen-bond donors (Lipinski definition) is 1. The molecule has 0 heterocycles. The summed E-state index contributed by atoms with van der Waals surface area (Å²) in [6.07, 6.45) is 0.677. The summed E-state index contributed by atoms with van der Waals surface area (Å²) in [5, 5.41) is 11.7. The van der Waals surface area contributed by atoms with Gasteiger partial charge in [-0.3, -0.25) is 10.1 Å². The maximum absolute atomic E-state index is 11.3. The van der Waals surface area contributed by atoms with Crippen molar-refractivity contribution in [2.75, 3.05) is 7.11 Å². The average Bonchev–Trinajstić information content (AvgIpc) is 2.18. The van der Waals surface area contributed by atoms with E-state index in [1.54, 1.807) is 0 Å². The van der Waals surface area contributed by atoms with Crippen molar-refractivity contribution in [2.24, 2.45) is 5.92 Å². The summed E-state index contributed by atoms with van der Waals surface area (Å²) in [5.41, 5.74) is 0. The molecule has 2 atom stereocenters. The second kappa shape index (κ2) is 6.39. The number of esters is 1. The number of nitrogens with zero attached hydrogens (tertiary/aromatic N) is 1. The van der Waals surface area contributed by atoms with Crippen molar-refractivity contribution in [2.45, 2.75) is 39.3 Å². The van der Waals surface area contributed by atoms with Crippen molar-refractivity contribution in [3.63, 3.8) is 0 Å². The van der Waals surface area contributed by atoms with Crippen LogP contribution < -0.4 is 5.32 Å². The summed E-state index contributed by atoms with van der Waals surface area (Å²) < 4.78 is 4.65. The fraction of sp³-hybridized carbons (Fsp3) is 0.800. The van der Waals surface area contributed by atoms with Crippen LogP contribution in [0, 0.1) is 17.2 Å². The fourth-order valence-electron chi connectivity index (χ4n) is 1.12. The Kier molecular flexibility index (Phi) is 5.89. The minimum Gasteiger partial charge on any atom is -0.468 e. The third-order valence-corrected chi connectivity index (χ3v) is 2.07. The topological polar surface area (TPSA) is 62.1 Å². The van der Waals surface area contributed by atoms with Crippen molar-refractivity contribution < 1.29 is 9.53 Å². The Morgan fingerprint density at radius 2 is 2.14 bits per heavy atom. The predicted molar refractivity (Wildman–Crippen MR) is 53.5 cm³/mol. The lowest BCUT2D eigenvalue weighted by Gasteiger charge is -2.22. The maximum Gasteiger partial charge on any atom is 0.323 e. The number of nitriles is 1. The summed E-state index contributed by atoms with van der Waals surface area (Å²) in [6, 6.07) is 1.41. The van der Waals surface area contributed by atoms with E-state index in [-0.39, 0.29) is 17.9 Å². The molecule has 14 heavy (non-hydrogen) atoms. The molecular formula is C10H18N2O2. The third-order valence-electron chi connectivity index (χ3n) is 2.07. The zero-order valence-electron chi connectivity index (χ0n) is 9.20. The first kappa shape index (κ1) is 12.9. The molecule has 0 saturated heterocycles. The smallest absolute Gasteiger partial charge is 0.323 e. The number of methoxy groups -OCH3 is 1. The van der Waals surface area contributed by atoms with E-state index in [2.05, 4.69) is 16.1 Å². The van der Waals surface area contributed by atoms with E-state index in [0.29, 0.717) is 6.42 Å². The summed E-state index contributed by atoms with van der Waals surface area (Å²) in [5.74, 6) is -0.196. The molecule has 0 rings (SSSR count). The highest BCUT2D eigenvalue weighted by Crippen LogP contribution is 2.05. The summed E-state index contributed by atoms with van der Waals surface area (Å²) in [7, 11) is 1.35. The van der Waals surface area contributed by atoms with Crippen LogP contribution >= 0.6 is 0 Å². The zero-order valence-corrected chi connectivity index (χ0v) is 9.20. The molecule has 0 aromatic rings. The number of rotatable bonds is 5. The van der Waals surface area contributed by atoms with E-state index in [4.69, 9.17) is 5.26 Å². The third kappa shape index (κ3) is 3.75. The van der Waals surface area contributed by atoms with E-state index in [0.717, 1.165) is 0 Å². The molecule has 4 nitrogen and oxygen atoms in total. The van der Waals surface area contributed by atoms with E-state index < -0.39 is 6.04 Å². The molecule has 0 saturated carbocycles. The van der Waals surface area contributed by atoms with Crippen molar-refractivity contribution in [3.05, 3.63) is 0 Å². The standard InChI is InChI=1S/C10H18N2O2/c1-5-8(6-11)12-9(7(2)3)10(13)14-4/h7-9,12H,5H2,1-4H3. The lowest BCUT2D eigenvalue weighted by Crippen LogP contribution is -2.46. The monoisotopic (exact) mass is 198 g/mol. The first-order valence-electron chi connectivity index (χ1n) is 4.80. The molecule has 0 amide bonds. The molecule has 0 aliphatic heterocycles. The van der Waals surface area contributed by atoms with Gasteiger partial charge in [-0.25, -0.2) is 0 Å². The Morgan fingerprint density at radius 1 is 1.57 bits per heavy atom. The minimum absolute atomic E-state index is 0.116. The highest BCUT2D eigenvalue weighted by Gasteiger charge is 2.24. The first-order valence-corrected chi connectivity index (χ1v) is 4.80. The predicted octanol–water partition coefficient (Wildman–Crippen LogP) is 1.08. The number of carbonyl (C=O) groups is 1. The Morgan fingerprint density at radius 3 is 2.43 bits per heavy atom.